The van der Waals surface area contributed by atoms with Crippen LogP contribution in [-0.2, 0) is 11.3 Å². The predicted octanol–water partition coefficient (Wildman–Crippen LogP) is 2.16. The monoisotopic (exact) mass is 381 g/mol. The van der Waals surface area contributed by atoms with Crippen LogP contribution < -0.4 is 10.6 Å². The standard InChI is InChI=1S/C21H27N5O2/c1-16-4-3-5-17(2)20(16)24-19(27)15-25-10-12-26(13-11-25)21(28)23-14-18-6-8-22-9-7-18/h3-9H,10-15H2,1-2H3,(H,23,28)(H,24,27). The molecule has 0 spiro atoms. The largest absolute Gasteiger partial charge is 0.334 e. The summed E-state index contributed by atoms with van der Waals surface area (Å²) in [6.07, 6.45) is 3.42. The molecule has 1 aliphatic heterocycles. The molecule has 1 aromatic heterocycles. The SMILES string of the molecule is Cc1cccc(C)c1NC(=O)CN1CCN(C(=O)NCc2ccncc2)CC1. The van der Waals surface area contributed by atoms with Crippen LogP contribution in [0.3, 0.4) is 0 Å². The van der Waals surface area contributed by atoms with Crippen LogP contribution in [0.5, 0.6) is 0 Å². The number of hydrogen-bond donors (Lipinski definition) is 2. The lowest BCUT2D eigenvalue weighted by atomic mass is 10.1. The lowest BCUT2D eigenvalue weighted by Gasteiger charge is -2.34. The number of aromatic nitrogens is 1. The Morgan fingerprint density at radius 3 is 2.29 bits per heavy atom. The van der Waals surface area contributed by atoms with Gasteiger partial charge in [0.05, 0.1) is 6.54 Å². The fourth-order valence-corrected chi connectivity index (χ4v) is 3.29. The second kappa shape index (κ2) is 9.32. The Hall–Kier alpha value is -2.93. The molecule has 7 heteroatoms. The number of nitrogens with one attached hydrogen (secondary N) is 2. The van der Waals surface area contributed by atoms with Crippen molar-refractivity contribution in [1.82, 2.24) is 20.1 Å². The molecule has 7 nitrogen and oxygen atoms in total. The van der Waals surface area contributed by atoms with Crippen LogP contribution in [0.15, 0.2) is 42.7 Å². The number of urea groups is 1. The second-order valence-corrected chi connectivity index (χ2v) is 7.09. The van der Waals surface area contributed by atoms with Crippen LogP contribution >= 0.6 is 0 Å². The van der Waals surface area contributed by atoms with Gasteiger partial charge in [-0.1, -0.05) is 18.2 Å². The van der Waals surface area contributed by atoms with Gasteiger partial charge in [-0.25, -0.2) is 4.79 Å². The molecule has 1 aromatic carbocycles. The van der Waals surface area contributed by atoms with E-state index in [0.29, 0.717) is 39.3 Å². The molecule has 3 rings (SSSR count). The summed E-state index contributed by atoms with van der Waals surface area (Å²) in [6.45, 7) is 7.39. The Morgan fingerprint density at radius 2 is 1.64 bits per heavy atom. The maximum absolute atomic E-state index is 12.4. The maximum Gasteiger partial charge on any atom is 0.317 e. The number of amides is 3. The molecule has 0 saturated carbocycles. The summed E-state index contributed by atoms with van der Waals surface area (Å²) >= 11 is 0. The number of anilines is 1. The van der Waals surface area contributed by atoms with E-state index in [2.05, 4.69) is 20.5 Å². The van der Waals surface area contributed by atoms with Crippen molar-refractivity contribution in [2.75, 3.05) is 38.0 Å². The number of para-hydroxylation sites is 1. The lowest BCUT2D eigenvalue weighted by molar-refractivity contribution is -0.117. The van der Waals surface area contributed by atoms with E-state index in [-0.39, 0.29) is 11.9 Å². The van der Waals surface area contributed by atoms with Crippen LogP contribution in [0.2, 0.25) is 0 Å². The molecule has 0 bridgehead atoms. The van der Waals surface area contributed by atoms with Crippen molar-refractivity contribution in [1.29, 1.82) is 0 Å². The molecule has 1 saturated heterocycles. The van der Waals surface area contributed by atoms with E-state index in [4.69, 9.17) is 0 Å². The molecule has 1 aliphatic rings. The molecular weight excluding hydrogens is 354 g/mol. The van der Waals surface area contributed by atoms with E-state index in [1.54, 1.807) is 17.3 Å². The van der Waals surface area contributed by atoms with Crippen molar-refractivity contribution < 1.29 is 9.59 Å². The van der Waals surface area contributed by atoms with Gasteiger partial charge in [0.25, 0.3) is 0 Å². The molecule has 0 radical (unpaired) electrons. The maximum atomic E-state index is 12.4. The minimum absolute atomic E-state index is 0.0204. The van der Waals surface area contributed by atoms with Crippen LogP contribution in [-0.4, -0.2) is 59.4 Å². The van der Waals surface area contributed by atoms with Crippen molar-refractivity contribution in [3.63, 3.8) is 0 Å². The third-order valence-electron chi connectivity index (χ3n) is 4.97. The number of carbonyl (C=O) groups excluding carboxylic acids is 2. The Morgan fingerprint density at radius 1 is 1.00 bits per heavy atom. The van der Waals surface area contributed by atoms with Gasteiger partial charge in [-0.15, -0.1) is 0 Å². The summed E-state index contributed by atoms with van der Waals surface area (Å²) in [4.78, 5) is 32.6. The number of aryl methyl sites for hydroxylation is 2. The Kier molecular flexibility index (Phi) is 6.60. The second-order valence-electron chi connectivity index (χ2n) is 7.09. The van der Waals surface area contributed by atoms with E-state index in [1.165, 1.54) is 0 Å². The quantitative estimate of drug-likeness (QED) is 0.832. The van der Waals surface area contributed by atoms with Crippen LogP contribution in [0.1, 0.15) is 16.7 Å². The average molecular weight is 381 g/mol. The van der Waals surface area contributed by atoms with E-state index >= 15 is 0 Å². The number of rotatable bonds is 5. The van der Waals surface area contributed by atoms with Gasteiger partial charge in [-0.3, -0.25) is 14.7 Å². The molecule has 2 N–H and O–H groups in total. The first-order chi connectivity index (χ1) is 13.5. The summed E-state index contributed by atoms with van der Waals surface area (Å²) in [5.41, 5.74) is 4.03. The van der Waals surface area contributed by atoms with Gasteiger partial charge in [-0.2, -0.15) is 0 Å². The zero-order chi connectivity index (χ0) is 19.9. The van der Waals surface area contributed by atoms with Gasteiger partial charge in [0.2, 0.25) is 5.91 Å². The van der Waals surface area contributed by atoms with Crippen molar-refractivity contribution >= 4 is 17.6 Å². The topological polar surface area (TPSA) is 77.6 Å². The first-order valence-corrected chi connectivity index (χ1v) is 9.53. The van der Waals surface area contributed by atoms with Gasteiger partial charge < -0.3 is 15.5 Å². The molecule has 28 heavy (non-hydrogen) atoms. The number of carbonyl (C=O) groups is 2. The van der Waals surface area contributed by atoms with Gasteiger partial charge in [0, 0.05) is 50.8 Å². The fraction of sp³-hybridized carbons (Fsp3) is 0.381. The van der Waals surface area contributed by atoms with E-state index < -0.39 is 0 Å². The summed E-state index contributed by atoms with van der Waals surface area (Å²) < 4.78 is 0. The Bertz CT molecular complexity index is 797. The number of piperazine rings is 1. The Labute approximate surface area is 165 Å². The summed E-state index contributed by atoms with van der Waals surface area (Å²) in [6, 6.07) is 9.66. The lowest BCUT2D eigenvalue weighted by Crippen LogP contribution is -2.52. The van der Waals surface area contributed by atoms with E-state index in [9.17, 15) is 9.59 Å². The zero-order valence-electron chi connectivity index (χ0n) is 16.4. The highest BCUT2D eigenvalue weighted by Crippen LogP contribution is 2.19. The van der Waals surface area contributed by atoms with E-state index in [0.717, 1.165) is 22.4 Å². The highest BCUT2D eigenvalue weighted by atomic mass is 16.2. The average Bonchev–Trinajstić information content (AvgIpc) is 2.70. The van der Waals surface area contributed by atoms with Gasteiger partial charge in [-0.05, 0) is 42.7 Å². The summed E-state index contributed by atoms with van der Waals surface area (Å²) in [5, 5.41) is 5.95. The fourth-order valence-electron chi connectivity index (χ4n) is 3.29. The third-order valence-corrected chi connectivity index (χ3v) is 4.97. The highest BCUT2D eigenvalue weighted by Gasteiger charge is 2.22. The number of nitrogens with zero attached hydrogens (tertiary/aromatic N) is 3. The first kappa shape index (κ1) is 19.8. The molecule has 0 aliphatic carbocycles. The number of hydrogen-bond acceptors (Lipinski definition) is 4. The van der Waals surface area contributed by atoms with E-state index in [1.807, 2.05) is 44.2 Å². The summed E-state index contributed by atoms with van der Waals surface area (Å²) in [5.74, 6) is -0.0204. The third kappa shape index (κ3) is 5.29. The van der Waals surface area contributed by atoms with Crippen LogP contribution in [0.4, 0.5) is 10.5 Å². The van der Waals surface area contributed by atoms with Crippen molar-refractivity contribution in [2.45, 2.75) is 20.4 Å². The number of pyridine rings is 1. The van der Waals surface area contributed by atoms with Crippen molar-refractivity contribution in [3.05, 3.63) is 59.4 Å². The highest BCUT2D eigenvalue weighted by molar-refractivity contribution is 5.93. The minimum Gasteiger partial charge on any atom is -0.334 e. The van der Waals surface area contributed by atoms with Crippen molar-refractivity contribution in [3.8, 4) is 0 Å². The molecule has 1 fully saturated rings. The van der Waals surface area contributed by atoms with Gasteiger partial charge in [0.15, 0.2) is 0 Å². The molecule has 0 unspecified atom stereocenters. The normalized spacial score (nSPS) is 14.6. The molecule has 0 atom stereocenters. The van der Waals surface area contributed by atoms with Crippen LogP contribution in [0, 0.1) is 13.8 Å². The molecule has 2 heterocycles. The first-order valence-electron chi connectivity index (χ1n) is 9.53. The molecule has 148 valence electrons. The van der Waals surface area contributed by atoms with Gasteiger partial charge in [0.1, 0.15) is 0 Å². The smallest absolute Gasteiger partial charge is 0.317 e. The predicted molar refractivity (Wildman–Crippen MR) is 109 cm³/mol. The molecule has 2 aromatic rings. The van der Waals surface area contributed by atoms with Crippen LogP contribution in [0.25, 0.3) is 0 Å². The van der Waals surface area contributed by atoms with Gasteiger partial charge >= 0.3 is 6.03 Å². The number of benzene rings is 1. The Balaban J connectivity index is 1.42. The molecule has 3 amide bonds. The van der Waals surface area contributed by atoms with Crippen molar-refractivity contribution in [2.24, 2.45) is 0 Å². The summed E-state index contributed by atoms with van der Waals surface area (Å²) in [7, 11) is 0. The zero-order valence-corrected chi connectivity index (χ0v) is 16.4. The molecular formula is C21H27N5O2. The minimum atomic E-state index is -0.0727.